The van der Waals surface area contributed by atoms with Gasteiger partial charge in [0.1, 0.15) is 5.01 Å². The second kappa shape index (κ2) is 7.24. The van der Waals surface area contributed by atoms with Crippen molar-refractivity contribution < 1.29 is 4.79 Å². The Balaban J connectivity index is 1.49. The topological polar surface area (TPSA) is 108 Å². The minimum absolute atomic E-state index is 0.127. The number of amides is 1. The summed E-state index contributed by atoms with van der Waals surface area (Å²) in [7, 11) is 0. The molecule has 4 aromatic rings. The first-order valence-corrected chi connectivity index (χ1v) is 9.39. The van der Waals surface area contributed by atoms with E-state index in [1.807, 2.05) is 36.4 Å². The number of nitrogens with one attached hydrogen (secondary N) is 3. The summed E-state index contributed by atoms with van der Waals surface area (Å²) in [6.45, 7) is 1.59. The Hall–Kier alpha value is -3.52. The Kier molecular flexibility index (Phi) is 4.62. The number of H-pyrrole nitrogens is 2. The van der Waals surface area contributed by atoms with Crippen LogP contribution in [0, 0.1) is 6.92 Å². The van der Waals surface area contributed by atoms with Crippen LogP contribution in [0.4, 0.5) is 5.69 Å². The molecule has 0 aliphatic rings. The monoisotopic (exact) mass is 392 g/mol. The van der Waals surface area contributed by atoms with Gasteiger partial charge in [0.2, 0.25) is 5.91 Å². The van der Waals surface area contributed by atoms with Crippen molar-refractivity contribution in [3.8, 4) is 10.6 Å². The molecule has 0 saturated carbocycles. The number of hydrogen-bond donors (Lipinski definition) is 3. The van der Waals surface area contributed by atoms with Crippen LogP contribution in [0.2, 0.25) is 0 Å². The molecule has 2 aromatic heterocycles. The van der Waals surface area contributed by atoms with Crippen LogP contribution >= 0.6 is 11.3 Å². The normalized spacial score (nSPS) is 10.9. The molecule has 0 aliphatic carbocycles. The first kappa shape index (κ1) is 17.9. The SMILES string of the molecule is Cc1[nH]c(=O)[nH]c(=O)c1CC(=O)Nc1ccc(-c2nc3ccccc3s2)cc1. The van der Waals surface area contributed by atoms with E-state index in [-0.39, 0.29) is 17.9 Å². The number of aryl methyl sites for hydroxylation is 1. The van der Waals surface area contributed by atoms with E-state index < -0.39 is 11.2 Å². The van der Waals surface area contributed by atoms with Gasteiger partial charge >= 0.3 is 5.69 Å². The lowest BCUT2D eigenvalue weighted by molar-refractivity contribution is -0.115. The summed E-state index contributed by atoms with van der Waals surface area (Å²) in [4.78, 5) is 44.6. The van der Waals surface area contributed by atoms with Crippen LogP contribution in [-0.4, -0.2) is 20.9 Å². The Bertz CT molecular complexity index is 1250. The molecule has 3 N–H and O–H groups in total. The third-order valence-electron chi connectivity index (χ3n) is 4.30. The fourth-order valence-electron chi connectivity index (χ4n) is 2.90. The van der Waals surface area contributed by atoms with Gasteiger partial charge in [-0.1, -0.05) is 12.1 Å². The number of para-hydroxylation sites is 1. The summed E-state index contributed by atoms with van der Waals surface area (Å²) < 4.78 is 1.12. The molecule has 0 unspecified atom stereocenters. The maximum absolute atomic E-state index is 12.3. The molecule has 0 radical (unpaired) electrons. The summed E-state index contributed by atoms with van der Waals surface area (Å²) >= 11 is 1.61. The van der Waals surface area contributed by atoms with Crippen molar-refractivity contribution in [2.45, 2.75) is 13.3 Å². The summed E-state index contributed by atoms with van der Waals surface area (Å²) in [5.74, 6) is -0.339. The summed E-state index contributed by atoms with van der Waals surface area (Å²) in [5, 5.41) is 3.68. The lowest BCUT2D eigenvalue weighted by Gasteiger charge is -2.07. The smallest absolute Gasteiger partial charge is 0.325 e. The van der Waals surface area contributed by atoms with E-state index in [2.05, 4.69) is 20.3 Å². The van der Waals surface area contributed by atoms with Gasteiger partial charge < -0.3 is 10.3 Å². The van der Waals surface area contributed by atoms with Crippen LogP contribution < -0.4 is 16.6 Å². The van der Waals surface area contributed by atoms with Crippen molar-refractivity contribution in [2.75, 3.05) is 5.32 Å². The summed E-state index contributed by atoms with van der Waals surface area (Å²) in [6.07, 6.45) is -0.127. The Morgan fingerprint density at radius 2 is 1.82 bits per heavy atom. The second-order valence-electron chi connectivity index (χ2n) is 6.30. The van der Waals surface area contributed by atoms with Gasteiger partial charge in [0, 0.05) is 22.5 Å². The minimum Gasteiger partial charge on any atom is -0.326 e. The Morgan fingerprint density at radius 3 is 2.54 bits per heavy atom. The van der Waals surface area contributed by atoms with Crippen molar-refractivity contribution in [1.82, 2.24) is 15.0 Å². The lowest BCUT2D eigenvalue weighted by Crippen LogP contribution is -2.29. The molecule has 2 heterocycles. The molecule has 1 amide bonds. The van der Waals surface area contributed by atoms with Gasteiger partial charge in [0.05, 0.1) is 16.6 Å². The van der Waals surface area contributed by atoms with Gasteiger partial charge in [-0.3, -0.25) is 14.6 Å². The van der Waals surface area contributed by atoms with Gasteiger partial charge in [-0.15, -0.1) is 11.3 Å². The molecule has 140 valence electrons. The van der Waals surface area contributed by atoms with Crippen LogP contribution in [0.5, 0.6) is 0 Å². The van der Waals surface area contributed by atoms with E-state index >= 15 is 0 Å². The Morgan fingerprint density at radius 1 is 1.07 bits per heavy atom. The van der Waals surface area contributed by atoms with E-state index in [0.29, 0.717) is 11.4 Å². The van der Waals surface area contributed by atoms with Crippen LogP contribution in [0.15, 0.2) is 58.1 Å². The number of nitrogens with zero attached hydrogens (tertiary/aromatic N) is 1. The molecule has 0 atom stereocenters. The number of carbonyl (C=O) groups excluding carboxylic acids is 1. The molecule has 4 rings (SSSR count). The average Bonchev–Trinajstić information content (AvgIpc) is 3.09. The number of aromatic nitrogens is 3. The van der Waals surface area contributed by atoms with Crippen LogP contribution in [-0.2, 0) is 11.2 Å². The standard InChI is InChI=1S/C20H16N4O3S/c1-11-14(18(26)24-20(27)21-11)10-17(25)22-13-8-6-12(7-9-13)19-23-15-4-2-3-5-16(15)28-19/h2-9H,10H2,1H3,(H,22,25)(H2,21,24,26,27). The number of hydrogen-bond acceptors (Lipinski definition) is 5. The number of anilines is 1. The molecule has 0 bridgehead atoms. The van der Waals surface area contributed by atoms with E-state index in [4.69, 9.17) is 0 Å². The van der Waals surface area contributed by atoms with E-state index in [1.165, 1.54) is 0 Å². The number of benzene rings is 2. The molecular formula is C20H16N4O3S. The highest BCUT2D eigenvalue weighted by molar-refractivity contribution is 7.21. The lowest BCUT2D eigenvalue weighted by atomic mass is 10.1. The predicted octanol–water partition coefficient (Wildman–Crippen LogP) is 2.83. The van der Waals surface area contributed by atoms with Gasteiger partial charge in [0.25, 0.3) is 5.56 Å². The highest BCUT2D eigenvalue weighted by atomic mass is 32.1. The highest BCUT2D eigenvalue weighted by Crippen LogP contribution is 2.30. The quantitative estimate of drug-likeness (QED) is 0.496. The van der Waals surface area contributed by atoms with Crippen LogP contribution in [0.1, 0.15) is 11.3 Å². The van der Waals surface area contributed by atoms with Crippen molar-refractivity contribution in [1.29, 1.82) is 0 Å². The molecular weight excluding hydrogens is 376 g/mol. The predicted molar refractivity (Wildman–Crippen MR) is 110 cm³/mol. The Labute approximate surface area is 163 Å². The first-order chi connectivity index (χ1) is 13.5. The van der Waals surface area contributed by atoms with E-state index in [1.54, 1.807) is 30.4 Å². The first-order valence-electron chi connectivity index (χ1n) is 8.57. The van der Waals surface area contributed by atoms with Crippen LogP contribution in [0.25, 0.3) is 20.8 Å². The molecule has 0 spiro atoms. The van der Waals surface area contributed by atoms with Gasteiger partial charge in [0.15, 0.2) is 0 Å². The maximum atomic E-state index is 12.3. The number of aromatic amines is 2. The zero-order chi connectivity index (χ0) is 19.7. The van der Waals surface area contributed by atoms with Crippen molar-refractivity contribution in [2.24, 2.45) is 0 Å². The van der Waals surface area contributed by atoms with Gasteiger partial charge in [-0.25, -0.2) is 9.78 Å². The third-order valence-corrected chi connectivity index (χ3v) is 5.39. The van der Waals surface area contributed by atoms with Gasteiger partial charge in [-0.2, -0.15) is 0 Å². The fourth-order valence-corrected chi connectivity index (χ4v) is 3.87. The van der Waals surface area contributed by atoms with Gasteiger partial charge in [-0.05, 0) is 43.3 Å². The zero-order valence-corrected chi connectivity index (χ0v) is 15.7. The average molecular weight is 392 g/mol. The molecule has 8 heteroatoms. The van der Waals surface area contributed by atoms with Crippen LogP contribution in [0.3, 0.4) is 0 Å². The maximum Gasteiger partial charge on any atom is 0.325 e. The van der Waals surface area contributed by atoms with Crippen molar-refractivity contribution >= 4 is 33.1 Å². The molecule has 0 aliphatic heterocycles. The summed E-state index contributed by atoms with van der Waals surface area (Å²) in [5.41, 5.74) is 2.03. The third kappa shape index (κ3) is 3.63. The number of carbonyl (C=O) groups is 1. The zero-order valence-electron chi connectivity index (χ0n) is 14.9. The van der Waals surface area contributed by atoms with E-state index in [0.717, 1.165) is 20.8 Å². The largest absolute Gasteiger partial charge is 0.326 e. The summed E-state index contributed by atoms with van der Waals surface area (Å²) in [6, 6.07) is 15.3. The molecule has 7 nitrogen and oxygen atoms in total. The molecule has 0 fully saturated rings. The van der Waals surface area contributed by atoms with E-state index in [9.17, 15) is 14.4 Å². The highest BCUT2D eigenvalue weighted by Gasteiger charge is 2.12. The molecule has 0 saturated heterocycles. The number of thiazole rings is 1. The van der Waals surface area contributed by atoms with Crippen molar-refractivity contribution in [3.63, 3.8) is 0 Å². The molecule has 2 aromatic carbocycles. The fraction of sp³-hybridized carbons (Fsp3) is 0.100. The second-order valence-corrected chi connectivity index (χ2v) is 7.33. The number of rotatable bonds is 4. The minimum atomic E-state index is -0.586. The molecule has 28 heavy (non-hydrogen) atoms. The van der Waals surface area contributed by atoms with Crippen molar-refractivity contribution in [3.05, 3.63) is 80.6 Å². The number of fused-ring (bicyclic) bond motifs is 1.